The van der Waals surface area contributed by atoms with E-state index in [2.05, 4.69) is 17.4 Å². The lowest BCUT2D eigenvalue weighted by molar-refractivity contribution is -0.117. The normalized spacial score (nSPS) is 20.5. The van der Waals surface area contributed by atoms with Crippen LogP contribution in [0.4, 0.5) is 5.69 Å². The lowest BCUT2D eigenvalue weighted by atomic mass is 10.1. The molecule has 3 rings (SSSR count). The van der Waals surface area contributed by atoms with Gasteiger partial charge in [0.1, 0.15) is 0 Å². The summed E-state index contributed by atoms with van der Waals surface area (Å²) in [4.78, 5) is 12.2. The monoisotopic (exact) mass is 305 g/mol. The van der Waals surface area contributed by atoms with Crippen molar-refractivity contribution in [2.45, 2.75) is 12.3 Å². The first-order valence-corrected chi connectivity index (χ1v) is 7.21. The van der Waals surface area contributed by atoms with Crippen LogP contribution in [-0.2, 0) is 4.79 Å². The number of carbonyl (C=O) groups excluding carboxylic acids is 1. The molecule has 2 nitrogen and oxygen atoms in total. The zero-order chi connectivity index (χ0) is 14.1. The molecule has 1 N–H and O–H groups in total. The highest BCUT2D eigenvalue weighted by molar-refractivity contribution is 6.36. The molecule has 2 atom stereocenters. The third-order valence-electron chi connectivity index (χ3n) is 3.54. The molecule has 102 valence electrons. The average Bonchev–Trinajstić information content (AvgIpc) is 3.23. The molecule has 0 aromatic heterocycles. The Morgan fingerprint density at radius 1 is 1.10 bits per heavy atom. The van der Waals surface area contributed by atoms with Gasteiger partial charge in [-0.05, 0) is 36.1 Å². The van der Waals surface area contributed by atoms with Gasteiger partial charge in [0.05, 0.1) is 10.7 Å². The van der Waals surface area contributed by atoms with E-state index in [9.17, 15) is 4.79 Å². The van der Waals surface area contributed by atoms with Crippen molar-refractivity contribution in [1.82, 2.24) is 0 Å². The van der Waals surface area contributed by atoms with Crippen molar-refractivity contribution < 1.29 is 4.79 Å². The molecule has 1 aliphatic rings. The van der Waals surface area contributed by atoms with Gasteiger partial charge in [-0.1, -0.05) is 53.5 Å². The van der Waals surface area contributed by atoms with Crippen LogP contribution < -0.4 is 5.32 Å². The maximum Gasteiger partial charge on any atom is 0.228 e. The summed E-state index contributed by atoms with van der Waals surface area (Å²) in [5, 5.41) is 3.89. The van der Waals surface area contributed by atoms with E-state index in [0.29, 0.717) is 21.7 Å². The second-order valence-corrected chi connectivity index (χ2v) is 5.82. The summed E-state index contributed by atoms with van der Waals surface area (Å²) in [6, 6.07) is 15.2. The van der Waals surface area contributed by atoms with Crippen molar-refractivity contribution in [3.8, 4) is 0 Å². The fraction of sp³-hybridized carbons (Fsp3) is 0.188. The second-order valence-electron chi connectivity index (χ2n) is 4.97. The summed E-state index contributed by atoms with van der Waals surface area (Å²) >= 11 is 11.9. The van der Waals surface area contributed by atoms with Gasteiger partial charge in [0, 0.05) is 10.9 Å². The van der Waals surface area contributed by atoms with Crippen molar-refractivity contribution in [2.75, 3.05) is 5.32 Å². The van der Waals surface area contributed by atoms with Crippen LogP contribution in [0.1, 0.15) is 17.9 Å². The van der Waals surface area contributed by atoms with Crippen LogP contribution in [0.5, 0.6) is 0 Å². The Balaban J connectivity index is 1.67. The van der Waals surface area contributed by atoms with Gasteiger partial charge < -0.3 is 5.32 Å². The van der Waals surface area contributed by atoms with Crippen molar-refractivity contribution >= 4 is 34.8 Å². The fourth-order valence-corrected chi connectivity index (χ4v) is 2.83. The molecule has 0 radical (unpaired) electrons. The zero-order valence-electron chi connectivity index (χ0n) is 10.6. The van der Waals surface area contributed by atoms with Gasteiger partial charge in [-0.15, -0.1) is 0 Å². The van der Waals surface area contributed by atoms with E-state index in [1.807, 2.05) is 18.2 Å². The van der Waals surface area contributed by atoms with E-state index in [1.165, 1.54) is 5.56 Å². The van der Waals surface area contributed by atoms with Crippen LogP contribution in [0.2, 0.25) is 10.0 Å². The number of hydrogen-bond donors (Lipinski definition) is 1. The number of nitrogens with one attached hydrogen (secondary N) is 1. The minimum absolute atomic E-state index is 0.0167. The van der Waals surface area contributed by atoms with Crippen LogP contribution in [0.25, 0.3) is 0 Å². The molecule has 20 heavy (non-hydrogen) atoms. The molecule has 1 aliphatic carbocycles. The Morgan fingerprint density at radius 2 is 1.85 bits per heavy atom. The minimum Gasteiger partial charge on any atom is -0.325 e. The molecule has 0 spiro atoms. The molecule has 0 bridgehead atoms. The molecule has 0 unspecified atom stereocenters. The van der Waals surface area contributed by atoms with Gasteiger partial charge in [-0.25, -0.2) is 0 Å². The Kier molecular flexibility index (Phi) is 3.68. The first kappa shape index (κ1) is 13.5. The van der Waals surface area contributed by atoms with Crippen molar-refractivity contribution in [3.05, 3.63) is 64.1 Å². The van der Waals surface area contributed by atoms with Gasteiger partial charge in [0.15, 0.2) is 0 Å². The zero-order valence-corrected chi connectivity index (χ0v) is 12.2. The summed E-state index contributed by atoms with van der Waals surface area (Å²) in [6.07, 6.45) is 0.890. The van der Waals surface area contributed by atoms with E-state index >= 15 is 0 Å². The molecule has 0 heterocycles. The highest BCUT2D eigenvalue weighted by atomic mass is 35.5. The third-order valence-corrected chi connectivity index (χ3v) is 4.09. The molecule has 1 amide bonds. The quantitative estimate of drug-likeness (QED) is 0.872. The minimum atomic E-state index is 0.0167. The lowest BCUT2D eigenvalue weighted by Gasteiger charge is -2.07. The predicted octanol–water partition coefficient (Wildman–Crippen LogP) is 4.74. The molecule has 0 saturated heterocycles. The highest BCUT2D eigenvalue weighted by Crippen LogP contribution is 2.48. The van der Waals surface area contributed by atoms with Gasteiger partial charge in [0.25, 0.3) is 0 Å². The Bertz CT molecular complexity index is 642. The van der Waals surface area contributed by atoms with Gasteiger partial charge in [-0.2, -0.15) is 0 Å². The first-order valence-electron chi connectivity index (χ1n) is 6.46. The molecule has 1 saturated carbocycles. The van der Waals surface area contributed by atoms with Gasteiger partial charge in [-0.3, -0.25) is 4.79 Å². The van der Waals surface area contributed by atoms with Crippen molar-refractivity contribution in [2.24, 2.45) is 5.92 Å². The smallest absolute Gasteiger partial charge is 0.228 e. The standard InChI is InChI=1S/C16H13Cl2NO/c17-11-6-7-15(14(18)8-11)19-16(20)13-9-12(13)10-4-2-1-3-5-10/h1-8,12-13H,9H2,(H,19,20)/t12-,13-/m1/s1. The number of anilines is 1. The molecule has 2 aromatic carbocycles. The molecular formula is C16H13Cl2NO. The van der Waals surface area contributed by atoms with E-state index in [-0.39, 0.29) is 11.8 Å². The predicted molar refractivity (Wildman–Crippen MR) is 82.4 cm³/mol. The molecule has 1 fully saturated rings. The van der Waals surface area contributed by atoms with Crippen LogP contribution in [0, 0.1) is 5.92 Å². The van der Waals surface area contributed by atoms with Crippen LogP contribution >= 0.6 is 23.2 Å². The van der Waals surface area contributed by atoms with Crippen molar-refractivity contribution in [1.29, 1.82) is 0 Å². The maximum absolute atomic E-state index is 12.2. The van der Waals surface area contributed by atoms with E-state index in [4.69, 9.17) is 23.2 Å². The third kappa shape index (κ3) is 2.82. The Morgan fingerprint density at radius 3 is 2.55 bits per heavy atom. The average molecular weight is 306 g/mol. The molecule has 4 heteroatoms. The lowest BCUT2D eigenvalue weighted by Crippen LogP contribution is -2.14. The summed E-state index contributed by atoms with van der Waals surface area (Å²) in [5.41, 5.74) is 1.83. The first-order chi connectivity index (χ1) is 9.65. The largest absolute Gasteiger partial charge is 0.325 e. The van der Waals surface area contributed by atoms with Gasteiger partial charge >= 0.3 is 0 Å². The number of hydrogen-bond acceptors (Lipinski definition) is 1. The SMILES string of the molecule is O=C(Nc1ccc(Cl)cc1Cl)[C@@H]1C[C@@H]1c1ccccc1. The summed E-state index contributed by atoms with van der Waals surface area (Å²) in [7, 11) is 0. The van der Waals surface area contributed by atoms with E-state index in [1.54, 1.807) is 18.2 Å². The number of carbonyl (C=O) groups is 1. The number of rotatable bonds is 3. The van der Waals surface area contributed by atoms with Gasteiger partial charge in [0.2, 0.25) is 5.91 Å². The van der Waals surface area contributed by atoms with E-state index < -0.39 is 0 Å². The topological polar surface area (TPSA) is 29.1 Å². The molecule has 0 aliphatic heterocycles. The molecule has 2 aromatic rings. The van der Waals surface area contributed by atoms with Crippen LogP contribution in [0.15, 0.2) is 48.5 Å². The Labute approximate surface area is 127 Å². The Hall–Kier alpha value is -1.51. The van der Waals surface area contributed by atoms with E-state index in [0.717, 1.165) is 6.42 Å². The number of benzene rings is 2. The second kappa shape index (κ2) is 5.47. The number of halogens is 2. The van der Waals surface area contributed by atoms with Crippen molar-refractivity contribution in [3.63, 3.8) is 0 Å². The number of amides is 1. The summed E-state index contributed by atoms with van der Waals surface area (Å²) in [6.45, 7) is 0. The van der Waals surface area contributed by atoms with Crippen LogP contribution in [-0.4, -0.2) is 5.91 Å². The highest BCUT2D eigenvalue weighted by Gasteiger charge is 2.43. The maximum atomic E-state index is 12.2. The molecular weight excluding hydrogens is 293 g/mol. The van der Waals surface area contributed by atoms with Crippen LogP contribution in [0.3, 0.4) is 0 Å². The fourth-order valence-electron chi connectivity index (χ4n) is 2.37. The summed E-state index contributed by atoms with van der Waals surface area (Å²) < 4.78 is 0. The summed E-state index contributed by atoms with van der Waals surface area (Å²) in [5.74, 6) is 0.370.